The van der Waals surface area contributed by atoms with E-state index in [0.717, 1.165) is 12.8 Å². The van der Waals surface area contributed by atoms with Crippen LogP contribution in [0.5, 0.6) is 0 Å². The Kier molecular flexibility index (Phi) is 4.75. The molecule has 2 unspecified atom stereocenters. The molecular formula is C16H21N3O. The molecule has 4 heteroatoms. The molecule has 1 aliphatic rings. The number of piperidine rings is 1. The van der Waals surface area contributed by atoms with Gasteiger partial charge in [0, 0.05) is 18.3 Å². The van der Waals surface area contributed by atoms with E-state index in [1.54, 1.807) is 12.3 Å². The second-order valence-electron chi connectivity index (χ2n) is 5.25. The molecule has 0 bridgehead atoms. The topological polar surface area (TPSA) is 59.2 Å². The minimum atomic E-state index is -0.0216. The minimum absolute atomic E-state index is 0.0216. The maximum absolute atomic E-state index is 12.8. The van der Waals surface area contributed by atoms with Crippen LogP contribution >= 0.6 is 0 Å². The van der Waals surface area contributed by atoms with Gasteiger partial charge in [0.2, 0.25) is 0 Å². The van der Waals surface area contributed by atoms with E-state index in [4.69, 9.17) is 5.73 Å². The van der Waals surface area contributed by atoms with Crippen molar-refractivity contribution in [2.45, 2.75) is 45.2 Å². The van der Waals surface area contributed by atoms with E-state index in [9.17, 15) is 4.79 Å². The molecule has 1 amide bonds. The van der Waals surface area contributed by atoms with Gasteiger partial charge in [0.25, 0.3) is 5.91 Å². The van der Waals surface area contributed by atoms with Crippen molar-refractivity contribution in [2.75, 3.05) is 6.54 Å². The van der Waals surface area contributed by atoms with Crippen LogP contribution < -0.4 is 5.73 Å². The van der Waals surface area contributed by atoms with Crippen molar-refractivity contribution in [3.63, 3.8) is 0 Å². The van der Waals surface area contributed by atoms with Crippen molar-refractivity contribution in [3.05, 3.63) is 29.6 Å². The molecule has 1 aromatic heterocycles. The number of hydrogen-bond acceptors (Lipinski definition) is 3. The first-order valence-corrected chi connectivity index (χ1v) is 7.11. The SMILES string of the molecule is CC1CCCC(C)N1C(=O)c1ncccc1C#CCN. The van der Waals surface area contributed by atoms with Crippen molar-refractivity contribution >= 4 is 5.91 Å². The summed E-state index contributed by atoms with van der Waals surface area (Å²) >= 11 is 0. The molecule has 0 aliphatic carbocycles. The van der Waals surface area contributed by atoms with E-state index in [1.165, 1.54) is 6.42 Å². The van der Waals surface area contributed by atoms with Gasteiger partial charge in [0.05, 0.1) is 12.1 Å². The predicted molar refractivity (Wildman–Crippen MR) is 79.1 cm³/mol. The lowest BCUT2D eigenvalue weighted by atomic mass is 9.96. The second-order valence-corrected chi connectivity index (χ2v) is 5.25. The summed E-state index contributed by atoms with van der Waals surface area (Å²) in [6.07, 6.45) is 4.91. The Hall–Kier alpha value is -1.86. The van der Waals surface area contributed by atoms with Gasteiger partial charge >= 0.3 is 0 Å². The average Bonchev–Trinajstić information content (AvgIpc) is 2.45. The van der Waals surface area contributed by atoms with Crippen LogP contribution in [0.3, 0.4) is 0 Å². The highest BCUT2D eigenvalue weighted by atomic mass is 16.2. The van der Waals surface area contributed by atoms with Crippen LogP contribution in [0.1, 0.15) is 49.2 Å². The lowest BCUT2D eigenvalue weighted by Crippen LogP contribution is -2.47. The number of amides is 1. The summed E-state index contributed by atoms with van der Waals surface area (Å²) in [7, 11) is 0. The molecule has 1 aromatic rings. The molecule has 2 N–H and O–H groups in total. The summed E-state index contributed by atoms with van der Waals surface area (Å²) in [5, 5.41) is 0. The van der Waals surface area contributed by atoms with E-state index >= 15 is 0 Å². The third-order valence-electron chi connectivity index (χ3n) is 3.76. The molecule has 1 fully saturated rings. The summed E-state index contributed by atoms with van der Waals surface area (Å²) in [5.41, 5.74) is 6.50. The number of nitrogens with two attached hydrogens (primary N) is 1. The van der Waals surface area contributed by atoms with Gasteiger partial charge in [-0.05, 0) is 45.2 Å². The number of rotatable bonds is 1. The fourth-order valence-corrected chi connectivity index (χ4v) is 2.77. The van der Waals surface area contributed by atoms with E-state index in [-0.39, 0.29) is 24.5 Å². The number of pyridine rings is 1. The van der Waals surface area contributed by atoms with Crippen molar-refractivity contribution in [1.82, 2.24) is 9.88 Å². The maximum Gasteiger partial charge on any atom is 0.274 e. The number of aromatic nitrogens is 1. The molecule has 2 heterocycles. The molecule has 2 atom stereocenters. The van der Waals surface area contributed by atoms with Gasteiger partial charge in [-0.25, -0.2) is 4.98 Å². The average molecular weight is 271 g/mol. The van der Waals surface area contributed by atoms with Crippen LogP contribution in [-0.2, 0) is 0 Å². The number of carbonyl (C=O) groups is 1. The van der Waals surface area contributed by atoms with Crippen LogP contribution in [0.25, 0.3) is 0 Å². The van der Waals surface area contributed by atoms with Crippen molar-refractivity contribution in [2.24, 2.45) is 5.73 Å². The van der Waals surface area contributed by atoms with E-state index in [2.05, 4.69) is 30.7 Å². The predicted octanol–water partition coefficient (Wildman–Crippen LogP) is 1.79. The Labute approximate surface area is 120 Å². The molecule has 1 aliphatic heterocycles. The maximum atomic E-state index is 12.8. The van der Waals surface area contributed by atoms with Gasteiger partial charge in [0.15, 0.2) is 0 Å². The van der Waals surface area contributed by atoms with Gasteiger partial charge < -0.3 is 10.6 Å². The number of nitrogens with zero attached hydrogens (tertiary/aromatic N) is 2. The Morgan fingerprint density at radius 3 is 2.80 bits per heavy atom. The minimum Gasteiger partial charge on any atom is -0.332 e. The van der Waals surface area contributed by atoms with Crippen LogP contribution in [0.15, 0.2) is 18.3 Å². The van der Waals surface area contributed by atoms with Crippen LogP contribution in [0, 0.1) is 11.8 Å². The highest BCUT2D eigenvalue weighted by Gasteiger charge is 2.31. The van der Waals surface area contributed by atoms with E-state index < -0.39 is 0 Å². The Morgan fingerprint density at radius 2 is 2.15 bits per heavy atom. The molecule has 106 valence electrons. The summed E-state index contributed by atoms with van der Waals surface area (Å²) in [5.74, 6) is 5.71. The number of hydrogen-bond donors (Lipinski definition) is 1. The smallest absolute Gasteiger partial charge is 0.274 e. The molecule has 20 heavy (non-hydrogen) atoms. The molecule has 4 nitrogen and oxygen atoms in total. The first-order chi connectivity index (χ1) is 9.65. The molecule has 0 saturated carbocycles. The molecule has 0 radical (unpaired) electrons. The zero-order chi connectivity index (χ0) is 14.5. The fourth-order valence-electron chi connectivity index (χ4n) is 2.77. The van der Waals surface area contributed by atoms with Crippen LogP contribution in [-0.4, -0.2) is 34.4 Å². The first kappa shape index (κ1) is 14.5. The Bertz CT molecular complexity index is 534. The van der Waals surface area contributed by atoms with Gasteiger partial charge in [0.1, 0.15) is 5.69 Å². The zero-order valence-corrected chi connectivity index (χ0v) is 12.1. The molecular weight excluding hydrogens is 250 g/mol. The normalized spacial score (nSPS) is 22.1. The van der Waals surface area contributed by atoms with Gasteiger partial charge in [-0.3, -0.25) is 4.79 Å². The van der Waals surface area contributed by atoms with Crippen molar-refractivity contribution in [1.29, 1.82) is 0 Å². The lowest BCUT2D eigenvalue weighted by molar-refractivity contribution is 0.0504. The quantitative estimate of drug-likeness (QED) is 0.792. The molecule has 2 rings (SSSR count). The Morgan fingerprint density at radius 1 is 1.45 bits per heavy atom. The first-order valence-electron chi connectivity index (χ1n) is 7.11. The monoisotopic (exact) mass is 271 g/mol. The van der Waals surface area contributed by atoms with Gasteiger partial charge in [-0.15, -0.1) is 0 Å². The van der Waals surface area contributed by atoms with Gasteiger partial charge in [-0.2, -0.15) is 0 Å². The highest BCUT2D eigenvalue weighted by molar-refractivity contribution is 5.95. The van der Waals surface area contributed by atoms with E-state index in [1.807, 2.05) is 11.0 Å². The summed E-state index contributed by atoms with van der Waals surface area (Å²) in [6.45, 7) is 4.47. The van der Waals surface area contributed by atoms with E-state index in [0.29, 0.717) is 11.3 Å². The van der Waals surface area contributed by atoms with Crippen LogP contribution in [0.2, 0.25) is 0 Å². The number of likely N-dealkylation sites (tertiary alicyclic amines) is 1. The Balaban J connectivity index is 2.33. The third kappa shape index (κ3) is 3.00. The van der Waals surface area contributed by atoms with Crippen molar-refractivity contribution in [3.8, 4) is 11.8 Å². The van der Waals surface area contributed by atoms with Crippen LogP contribution in [0.4, 0.5) is 0 Å². The number of carbonyl (C=O) groups excluding carboxylic acids is 1. The standard InChI is InChI=1S/C16H21N3O/c1-12-6-3-7-13(2)19(12)16(20)15-14(8-4-10-17)9-5-11-18-15/h5,9,11-13H,3,6-7,10,17H2,1-2H3. The molecule has 1 saturated heterocycles. The van der Waals surface area contributed by atoms with Gasteiger partial charge in [-0.1, -0.05) is 11.8 Å². The third-order valence-corrected chi connectivity index (χ3v) is 3.76. The highest BCUT2D eigenvalue weighted by Crippen LogP contribution is 2.24. The summed E-state index contributed by atoms with van der Waals surface area (Å²) in [4.78, 5) is 19.0. The summed E-state index contributed by atoms with van der Waals surface area (Å²) < 4.78 is 0. The molecule has 0 aromatic carbocycles. The zero-order valence-electron chi connectivity index (χ0n) is 12.1. The molecule has 0 spiro atoms. The van der Waals surface area contributed by atoms with Crippen molar-refractivity contribution < 1.29 is 4.79 Å². The fraction of sp³-hybridized carbons (Fsp3) is 0.500. The largest absolute Gasteiger partial charge is 0.332 e. The lowest BCUT2D eigenvalue weighted by Gasteiger charge is -2.39. The summed E-state index contributed by atoms with van der Waals surface area (Å²) in [6, 6.07) is 4.12. The second kappa shape index (κ2) is 6.53.